The van der Waals surface area contributed by atoms with Crippen LogP contribution < -0.4 is 0 Å². The number of oxazole rings is 1. The first-order valence-corrected chi connectivity index (χ1v) is 11.1. The van der Waals surface area contributed by atoms with E-state index in [0.29, 0.717) is 22.8 Å². The fourth-order valence-corrected chi connectivity index (χ4v) is 3.76. The van der Waals surface area contributed by atoms with Crippen LogP contribution in [0.2, 0.25) is 0 Å². The molecule has 156 valence electrons. The first-order valence-electron chi connectivity index (χ1n) is 10.1. The molecule has 0 saturated heterocycles. The average Bonchev–Trinajstić information content (AvgIpc) is 3.31. The van der Waals surface area contributed by atoms with E-state index in [-0.39, 0.29) is 10.8 Å². The Hall–Kier alpha value is -2.60. The van der Waals surface area contributed by atoms with Crippen LogP contribution in [0.4, 0.5) is 0 Å². The summed E-state index contributed by atoms with van der Waals surface area (Å²) in [4.78, 5) is 4.48. The Morgan fingerprint density at radius 3 is 2.13 bits per heavy atom. The SMILES string of the molecule is CC(C)(C)c1cc(-c2nnc(CSc3nc4ccccc4o3)o2)cc(C(C)(C)C)c1. The third-order valence-electron chi connectivity index (χ3n) is 4.97. The van der Waals surface area contributed by atoms with Gasteiger partial charge >= 0.3 is 0 Å². The summed E-state index contributed by atoms with van der Waals surface area (Å²) in [6.45, 7) is 13.3. The lowest BCUT2D eigenvalue weighted by Gasteiger charge is -2.25. The van der Waals surface area contributed by atoms with E-state index < -0.39 is 0 Å². The number of benzene rings is 2. The van der Waals surface area contributed by atoms with Gasteiger partial charge in [-0.05, 0) is 46.2 Å². The highest BCUT2D eigenvalue weighted by molar-refractivity contribution is 7.98. The number of rotatable bonds is 4. The van der Waals surface area contributed by atoms with Crippen molar-refractivity contribution >= 4 is 22.9 Å². The highest BCUT2D eigenvalue weighted by Crippen LogP contribution is 2.34. The van der Waals surface area contributed by atoms with Crippen molar-refractivity contribution in [3.05, 3.63) is 59.5 Å². The van der Waals surface area contributed by atoms with Crippen LogP contribution in [0.1, 0.15) is 58.6 Å². The Balaban J connectivity index is 1.58. The Morgan fingerprint density at radius 2 is 1.50 bits per heavy atom. The van der Waals surface area contributed by atoms with Crippen molar-refractivity contribution in [2.75, 3.05) is 0 Å². The molecule has 0 unspecified atom stereocenters. The van der Waals surface area contributed by atoms with Crippen LogP contribution in [0.5, 0.6) is 0 Å². The van der Waals surface area contributed by atoms with Crippen LogP contribution in [0.25, 0.3) is 22.6 Å². The molecule has 4 rings (SSSR count). The second-order valence-electron chi connectivity index (χ2n) is 9.54. The van der Waals surface area contributed by atoms with E-state index in [1.54, 1.807) is 0 Å². The Labute approximate surface area is 181 Å². The zero-order valence-electron chi connectivity index (χ0n) is 18.3. The molecule has 0 amide bonds. The molecule has 0 saturated carbocycles. The van der Waals surface area contributed by atoms with Gasteiger partial charge < -0.3 is 8.83 Å². The van der Waals surface area contributed by atoms with Gasteiger partial charge in [0.25, 0.3) is 5.22 Å². The molecule has 0 fully saturated rings. The van der Waals surface area contributed by atoms with Gasteiger partial charge in [-0.15, -0.1) is 10.2 Å². The molecule has 2 heterocycles. The molecule has 5 nitrogen and oxygen atoms in total. The molecular weight excluding hydrogens is 394 g/mol. The van der Waals surface area contributed by atoms with Crippen molar-refractivity contribution in [2.24, 2.45) is 0 Å². The van der Waals surface area contributed by atoms with Crippen LogP contribution in [0, 0.1) is 0 Å². The summed E-state index contributed by atoms with van der Waals surface area (Å²) >= 11 is 1.45. The van der Waals surface area contributed by atoms with E-state index in [1.165, 1.54) is 22.9 Å². The minimum atomic E-state index is 0.0294. The van der Waals surface area contributed by atoms with Gasteiger partial charge in [-0.1, -0.05) is 71.5 Å². The maximum absolute atomic E-state index is 5.99. The van der Waals surface area contributed by atoms with Gasteiger partial charge in [-0.2, -0.15) is 0 Å². The Kier molecular flexibility index (Phi) is 5.22. The summed E-state index contributed by atoms with van der Waals surface area (Å²) in [6.07, 6.45) is 0. The van der Waals surface area contributed by atoms with Crippen LogP contribution >= 0.6 is 11.8 Å². The summed E-state index contributed by atoms with van der Waals surface area (Å²) in [5, 5.41) is 9.14. The second kappa shape index (κ2) is 7.58. The molecule has 2 aromatic heterocycles. The molecule has 0 aliphatic carbocycles. The maximum Gasteiger partial charge on any atom is 0.257 e. The quantitative estimate of drug-likeness (QED) is 0.339. The van der Waals surface area contributed by atoms with Crippen LogP contribution in [0.3, 0.4) is 0 Å². The topological polar surface area (TPSA) is 65.0 Å². The number of aromatic nitrogens is 3. The third-order valence-corrected chi connectivity index (χ3v) is 5.79. The van der Waals surface area contributed by atoms with Crippen LogP contribution in [0.15, 0.2) is 56.5 Å². The number of fused-ring (bicyclic) bond motifs is 1. The van der Waals surface area contributed by atoms with Gasteiger partial charge in [-0.25, -0.2) is 4.98 Å². The molecule has 30 heavy (non-hydrogen) atoms. The van der Waals surface area contributed by atoms with Crippen molar-refractivity contribution in [1.82, 2.24) is 15.2 Å². The lowest BCUT2D eigenvalue weighted by Crippen LogP contribution is -2.16. The van der Waals surface area contributed by atoms with Gasteiger partial charge in [0.05, 0.1) is 5.75 Å². The molecule has 0 spiro atoms. The molecule has 6 heteroatoms. The number of hydrogen-bond acceptors (Lipinski definition) is 6. The van der Waals surface area contributed by atoms with Crippen molar-refractivity contribution in [3.8, 4) is 11.5 Å². The van der Waals surface area contributed by atoms with E-state index in [2.05, 4.69) is 74.9 Å². The van der Waals surface area contributed by atoms with E-state index in [4.69, 9.17) is 8.83 Å². The van der Waals surface area contributed by atoms with Gasteiger partial charge in [0.15, 0.2) is 5.58 Å². The van der Waals surface area contributed by atoms with E-state index in [9.17, 15) is 0 Å². The molecule has 0 atom stereocenters. The number of hydrogen-bond donors (Lipinski definition) is 0. The summed E-state index contributed by atoms with van der Waals surface area (Å²) in [6, 6.07) is 14.3. The van der Waals surface area contributed by atoms with Gasteiger partial charge in [0.1, 0.15) is 5.52 Å². The Bertz CT molecular complexity index is 1110. The van der Waals surface area contributed by atoms with Crippen LogP contribution in [-0.2, 0) is 16.6 Å². The zero-order chi connectivity index (χ0) is 21.5. The molecule has 0 aliphatic heterocycles. The highest BCUT2D eigenvalue weighted by Gasteiger charge is 2.22. The second-order valence-corrected chi connectivity index (χ2v) is 10.5. The zero-order valence-corrected chi connectivity index (χ0v) is 19.1. The van der Waals surface area contributed by atoms with Gasteiger partial charge in [0.2, 0.25) is 11.8 Å². The summed E-state index contributed by atoms with van der Waals surface area (Å²) in [5.74, 6) is 1.60. The molecule has 0 N–H and O–H groups in total. The first-order chi connectivity index (χ1) is 14.1. The van der Waals surface area contributed by atoms with Gasteiger partial charge in [-0.3, -0.25) is 0 Å². The lowest BCUT2D eigenvalue weighted by atomic mass is 9.79. The maximum atomic E-state index is 5.99. The largest absolute Gasteiger partial charge is 0.431 e. The van der Waals surface area contributed by atoms with Gasteiger partial charge in [0, 0.05) is 5.56 Å². The number of para-hydroxylation sites is 2. The first kappa shape index (κ1) is 20.7. The molecule has 4 aromatic rings. The summed E-state index contributed by atoms with van der Waals surface area (Å²) in [5.41, 5.74) is 5.15. The minimum Gasteiger partial charge on any atom is -0.431 e. The summed E-state index contributed by atoms with van der Waals surface area (Å²) in [7, 11) is 0. The van der Waals surface area contributed by atoms with E-state index in [0.717, 1.165) is 16.7 Å². The smallest absolute Gasteiger partial charge is 0.257 e. The van der Waals surface area contributed by atoms with E-state index in [1.807, 2.05) is 24.3 Å². The third kappa shape index (κ3) is 4.43. The summed E-state index contributed by atoms with van der Waals surface area (Å²) < 4.78 is 11.7. The fourth-order valence-electron chi connectivity index (χ4n) is 3.08. The minimum absolute atomic E-state index is 0.0294. The monoisotopic (exact) mass is 421 g/mol. The molecule has 0 bridgehead atoms. The fraction of sp³-hybridized carbons (Fsp3) is 0.375. The van der Waals surface area contributed by atoms with Crippen molar-refractivity contribution in [1.29, 1.82) is 0 Å². The molecule has 2 aromatic carbocycles. The molecular formula is C24H27N3O2S. The molecule has 0 radical (unpaired) electrons. The van der Waals surface area contributed by atoms with Crippen molar-refractivity contribution < 1.29 is 8.83 Å². The predicted molar refractivity (Wildman–Crippen MR) is 121 cm³/mol. The van der Waals surface area contributed by atoms with Crippen molar-refractivity contribution in [2.45, 2.75) is 63.3 Å². The number of thioether (sulfide) groups is 1. The predicted octanol–water partition coefficient (Wildman–Crippen LogP) is 6.77. The van der Waals surface area contributed by atoms with E-state index >= 15 is 0 Å². The highest BCUT2D eigenvalue weighted by atomic mass is 32.2. The van der Waals surface area contributed by atoms with Crippen molar-refractivity contribution in [3.63, 3.8) is 0 Å². The van der Waals surface area contributed by atoms with Crippen LogP contribution in [-0.4, -0.2) is 15.2 Å². The number of nitrogens with zero attached hydrogens (tertiary/aromatic N) is 3. The Morgan fingerprint density at radius 1 is 0.833 bits per heavy atom. The average molecular weight is 422 g/mol. The lowest BCUT2D eigenvalue weighted by molar-refractivity contribution is 0.486. The molecule has 0 aliphatic rings. The normalized spacial score (nSPS) is 12.6. The standard InChI is InChI=1S/C24H27N3O2S/c1-23(2,3)16-11-15(12-17(13-16)24(4,5)6)21-27-26-20(29-21)14-30-22-25-18-9-7-8-10-19(18)28-22/h7-13H,14H2,1-6H3.